The normalized spacial score (nSPS) is 9.80. The van der Waals surface area contributed by atoms with E-state index in [4.69, 9.17) is 5.73 Å². The average molecular weight is 285 g/mol. The summed E-state index contributed by atoms with van der Waals surface area (Å²) in [6, 6.07) is 17.6. The van der Waals surface area contributed by atoms with E-state index in [0.29, 0.717) is 5.56 Å². The van der Waals surface area contributed by atoms with Crippen molar-refractivity contribution in [1.82, 2.24) is 10.9 Å². The monoisotopic (exact) mass is 285 g/mol. The van der Waals surface area contributed by atoms with E-state index in [-0.39, 0.29) is 11.0 Å². The van der Waals surface area contributed by atoms with Crippen LogP contribution in [0.3, 0.4) is 0 Å². The van der Waals surface area contributed by atoms with Gasteiger partial charge in [0.15, 0.2) is 5.11 Å². The summed E-state index contributed by atoms with van der Waals surface area (Å²) >= 11 is 4.61. The van der Waals surface area contributed by atoms with Gasteiger partial charge in [-0.25, -0.2) is 0 Å². The topological polar surface area (TPSA) is 67.2 Å². The van der Waals surface area contributed by atoms with Gasteiger partial charge in [0.25, 0.3) is 5.91 Å². The first-order chi connectivity index (χ1) is 9.65. The third kappa shape index (κ3) is 4.07. The number of hydrazine groups is 1. The molecule has 0 unspecified atom stereocenters. The van der Waals surface area contributed by atoms with Gasteiger partial charge in [-0.15, -0.1) is 0 Å². The highest BCUT2D eigenvalue weighted by Gasteiger charge is 2.05. The van der Waals surface area contributed by atoms with Crippen LogP contribution in [0.25, 0.3) is 0 Å². The van der Waals surface area contributed by atoms with Crippen LogP contribution >= 0.6 is 12.2 Å². The lowest BCUT2D eigenvalue weighted by atomic mass is 10.0. The van der Waals surface area contributed by atoms with Crippen LogP contribution in [0.2, 0.25) is 0 Å². The number of nitrogens with two attached hydrogens (primary N) is 1. The van der Waals surface area contributed by atoms with Crippen molar-refractivity contribution >= 4 is 23.2 Å². The molecule has 102 valence electrons. The maximum Gasteiger partial charge on any atom is 0.269 e. The van der Waals surface area contributed by atoms with Crippen molar-refractivity contribution in [3.8, 4) is 0 Å². The maximum atomic E-state index is 11.7. The zero-order chi connectivity index (χ0) is 14.4. The fraction of sp³-hybridized carbons (Fsp3) is 0.0667. The molecule has 5 heteroatoms. The summed E-state index contributed by atoms with van der Waals surface area (Å²) in [5.74, 6) is -0.274. The van der Waals surface area contributed by atoms with Gasteiger partial charge in [0, 0.05) is 5.56 Å². The SMILES string of the molecule is NC(=S)NNC(=O)c1ccc(Cc2ccccc2)cc1. The fourth-order valence-corrected chi connectivity index (χ4v) is 1.85. The van der Waals surface area contributed by atoms with Gasteiger partial charge in [-0.3, -0.25) is 15.6 Å². The van der Waals surface area contributed by atoms with Crippen molar-refractivity contribution in [2.24, 2.45) is 5.73 Å². The molecule has 0 heterocycles. The number of hydrogen-bond donors (Lipinski definition) is 3. The molecule has 2 aromatic rings. The Balaban J connectivity index is 1.99. The fourth-order valence-electron chi connectivity index (χ4n) is 1.80. The van der Waals surface area contributed by atoms with E-state index in [1.54, 1.807) is 12.1 Å². The summed E-state index contributed by atoms with van der Waals surface area (Å²) in [5, 5.41) is 0.0269. The van der Waals surface area contributed by atoms with E-state index in [9.17, 15) is 4.79 Å². The van der Waals surface area contributed by atoms with Gasteiger partial charge >= 0.3 is 0 Å². The Kier molecular flexibility index (Phi) is 4.68. The Morgan fingerprint density at radius 1 is 0.950 bits per heavy atom. The molecule has 0 saturated heterocycles. The second-order valence-corrected chi connectivity index (χ2v) is 4.74. The molecule has 0 radical (unpaired) electrons. The molecule has 0 aliphatic carbocycles. The van der Waals surface area contributed by atoms with Crippen LogP contribution in [0.4, 0.5) is 0 Å². The van der Waals surface area contributed by atoms with E-state index in [0.717, 1.165) is 12.0 Å². The molecule has 2 aromatic carbocycles. The summed E-state index contributed by atoms with van der Waals surface area (Å²) in [6.45, 7) is 0. The number of carbonyl (C=O) groups is 1. The molecule has 0 atom stereocenters. The molecule has 0 saturated carbocycles. The van der Waals surface area contributed by atoms with Gasteiger partial charge in [-0.2, -0.15) is 0 Å². The molecule has 4 N–H and O–H groups in total. The minimum Gasteiger partial charge on any atom is -0.375 e. The van der Waals surface area contributed by atoms with E-state index in [1.807, 2.05) is 30.3 Å². The van der Waals surface area contributed by atoms with Crippen LogP contribution in [0.1, 0.15) is 21.5 Å². The quantitative estimate of drug-likeness (QED) is 0.594. The first kappa shape index (κ1) is 14.0. The summed E-state index contributed by atoms with van der Waals surface area (Å²) in [4.78, 5) is 11.7. The number of rotatable bonds is 3. The molecule has 0 spiro atoms. The number of thiocarbonyl (C=S) groups is 1. The highest BCUT2D eigenvalue weighted by molar-refractivity contribution is 7.80. The Labute approximate surface area is 123 Å². The highest BCUT2D eigenvalue weighted by Crippen LogP contribution is 2.10. The zero-order valence-corrected chi connectivity index (χ0v) is 11.6. The van der Waals surface area contributed by atoms with Crippen LogP contribution in [0, 0.1) is 0 Å². The number of hydrogen-bond acceptors (Lipinski definition) is 2. The summed E-state index contributed by atoms with van der Waals surface area (Å²) in [7, 11) is 0. The Morgan fingerprint density at radius 3 is 2.15 bits per heavy atom. The summed E-state index contributed by atoms with van der Waals surface area (Å²) < 4.78 is 0. The zero-order valence-electron chi connectivity index (χ0n) is 10.8. The maximum absolute atomic E-state index is 11.7. The minimum atomic E-state index is -0.274. The van der Waals surface area contributed by atoms with E-state index in [2.05, 4.69) is 35.2 Å². The summed E-state index contributed by atoms with van der Waals surface area (Å²) in [5.41, 5.74) is 13.0. The Morgan fingerprint density at radius 2 is 1.55 bits per heavy atom. The van der Waals surface area contributed by atoms with Gasteiger partial charge < -0.3 is 5.73 Å². The largest absolute Gasteiger partial charge is 0.375 e. The molecule has 4 nitrogen and oxygen atoms in total. The van der Waals surface area contributed by atoms with E-state index in [1.165, 1.54) is 5.56 Å². The van der Waals surface area contributed by atoms with Crippen molar-refractivity contribution in [2.45, 2.75) is 6.42 Å². The minimum absolute atomic E-state index is 0.0269. The lowest BCUT2D eigenvalue weighted by Gasteiger charge is -2.07. The van der Waals surface area contributed by atoms with Crippen molar-refractivity contribution < 1.29 is 4.79 Å². The first-order valence-corrected chi connectivity index (χ1v) is 6.54. The number of nitrogens with one attached hydrogen (secondary N) is 2. The second-order valence-electron chi connectivity index (χ2n) is 4.30. The molecule has 0 aromatic heterocycles. The summed E-state index contributed by atoms with van der Waals surface area (Å²) in [6.07, 6.45) is 0.841. The van der Waals surface area contributed by atoms with Crippen molar-refractivity contribution in [3.63, 3.8) is 0 Å². The molecular weight excluding hydrogens is 270 g/mol. The van der Waals surface area contributed by atoms with Gasteiger partial charge in [0.05, 0.1) is 0 Å². The predicted molar refractivity (Wildman–Crippen MR) is 83.1 cm³/mol. The Hall–Kier alpha value is -2.40. The molecule has 2 rings (SSSR count). The van der Waals surface area contributed by atoms with Crippen molar-refractivity contribution in [2.75, 3.05) is 0 Å². The highest BCUT2D eigenvalue weighted by atomic mass is 32.1. The lowest BCUT2D eigenvalue weighted by Crippen LogP contribution is -2.44. The Bertz CT molecular complexity index is 596. The predicted octanol–water partition coefficient (Wildman–Crippen LogP) is 1.76. The van der Waals surface area contributed by atoms with Crippen molar-refractivity contribution in [1.29, 1.82) is 0 Å². The molecule has 0 bridgehead atoms. The molecule has 0 aliphatic heterocycles. The lowest BCUT2D eigenvalue weighted by molar-refractivity contribution is 0.0944. The number of benzene rings is 2. The van der Waals surface area contributed by atoms with E-state index < -0.39 is 0 Å². The smallest absolute Gasteiger partial charge is 0.269 e. The van der Waals surface area contributed by atoms with Gasteiger partial charge in [-0.1, -0.05) is 42.5 Å². The van der Waals surface area contributed by atoms with Crippen LogP contribution < -0.4 is 16.6 Å². The van der Waals surface area contributed by atoms with E-state index >= 15 is 0 Å². The van der Waals surface area contributed by atoms with Crippen LogP contribution in [0.15, 0.2) is 54.6 Å². The molecular formula is C15H15N3OS. The number of amides is 1. The standard InChI is InChI=1S/C15H15N3OS/c16-15(20)18-17-14(19)13-8-6-12(7-9-13)10-11-4-2-1-3-5-11/h1-9H,10H2,(H,17,19)(H3,16,18,20). The third-order valence-corrected chi connectivity index (χ3v) is 2.87. The number of carbonyl (C=O) groups excluding carboxylic acids is 1. The third-order valence-electron chi connectivity index (χ3n) is 2.77. The van der Waals surface area contributed by atoms with Gasteiger partial charge in [0.2, 0.25) is 0 Å². The molecule has 20 heavy (non-hydrogen) atoms. The van der Waals surface area contributed by atoms with Crippen LogP contribution in [-0.2, 0) is 6.42 Å². The first-order valence-electron chi connectivity index (χ1n) is 6.14. The van der Waals surface area contributed by atoms with Crippen LogP contribution in [-0.4, -0.2) is 11.0 Å². The van der Waals surface area contributed by atoms with Crippen molar-refractivity contribution in [3.05, 3.63) is 71.3 Å². The van der Waals surface area contributed by atoms with Crippen LogP contribution in [0.5, 0.6) is 0 Å². The van der Waals surface area contributed by atoms with Gasteiger partial charge in [-0.05, 0) is 41.9 Å². The molecule has 1 amide bonds. The molecule has 0 fully saturated rings. The van der Waals surface area contributed by atoms with Gasteiger partial charge in [0.1, 0.15) is 0 Å². The average Bonchev–Trinajstić information content (AvgIpc) is 2.46. The molecule has 0 aliphatic rings. The second kappa shape index (κ2) is 6.68.